The highest BCUT2D eigenvalue weighted by Gasteiger charge is 1.98. The SMILES string of the molecule is CCCCCCCCCCCCCCCCCCCCCCC[CH]SCCCCCCCCCCCCCCCC. The Morgan fingerprint density at radius 2 is 0.488 bits per heavy atom. The number of rotatable bonds is 38. The lowest BCUT2D eigenvalue weighted by molar-refractivity contribution is 0.520. The number of hydrogen-bond donors (Lipinski definition) is 0. The van der Waals surface area contributed by atoms with Gasteiger partial charge in [0.2, 0.25) is 0 Å². The summed E-state index contributed by atoms with van der Waals surface area (Å²) in [7, 11) is 0. The molecule has 0 aromatic heterocycles. The van der Waals surface area contributed by atoms with Crippen LogP contribution in [0.4, 0.5) is 0 Å². The monoisotopic (exact) mass is 594 g/mol. The first-order chi connectivity index (χ1) is 20.4. The third-order valence-corrected chi connectivity index (χ3v) is 10.2. The van der Waals surface area contributed by atoms with Crippen molar-refractivity contribution < 1.29 is 0 Å². The standard InChI is InChI=1S/C40H81S/c1-3-5-7-9-11-13-15-17-19-20-21-22-23-24-25-26-28-30-32-34-36-38-40-41-39-37-35-33-31-29-27-18-16-14-12-10-8-6-4-2/h40H,3-39H2,1-2H3. The van der Waals surface area contributed by atoms with Gasteiger partial charge in [-0.3, -0.25) is 0 Å². The van der Waals surface area contributed by atoms with Gasteiger partial charge in [-0.25, -0.2) is 0 Å². The molecule has 0 aliphatic carbocycles. The quantitative estimate of drug-likeness (QED) is 0.0641. The molecule has 0 fully saturated rings. The largest absolute Gasteiger partial charge is 0.157 e. The van der Waals surface area contributed by atoms with Crippen molar-refractivity contribution in [1.82, 2.24) is 0 Å². The second kappa shape index (κ2) is 40.4. The molecule has 0 aliphatic rings. The average molecular weight is 594 g/mol. The Hall–Kier alpha value is 0.350. The molecule has 0 saturated heterocycles. The van der Waals surface area contributed by atoms with Gasteiger partial charge in [-0.15, -0.1) is 0 Å². The van der Waals surface area contributed by atoms with Crippen molar-refractivity contribution in [1.29, 1.82) is 0 Å². The number of unbranched alkanes of at least 4 members (excludes halogenated alkanes) is 34. The van der Waals surface area contributed by atoms with Crippen LogP contribution in [0.15, 0.2) is 0 Å². The first kappa shape index (κ1) is 41.4. The molecule has 0 bridgehead atoms. The predicted octanol–water partition coefficient (Wildman–Crippen LogP) is 16.0. The molecule has 0 N–H and O–H groups in total. The van der Waals surface area contributed by atoms with Gasteiger partial charge >= 0.3 is 0 Å². The summed E-state index contributed by atoms with van der Waals surface area (Å²) in [6.07, 6.45) is 52.7. The fraction of sp³-hybridized carbons (Fsp3) is 0.975. The molecule has 0 aromatic carbocycles. The fourth-order valence-corrected chi connectivity index (χ4v) is 7.08. The molecule has 0 atom stereocenters. The van der Waals surface area contributed by atoms with E-state index in [1.54, 1.807) is 0 Å². The van der Waals surface area contributed by atoms with Crippen LogP contribution in [0, 0.1) is 5.75 Å². The highest BCUT2D eigenvalue weighted by atomic mass is 32.2. The maximum absolute atomic E-state index is 2.51. The van der Waals surface area contributed by atoms with E-state index in [-0.39, 0.29) is 0 Å². The third kappa shape index (κ3) is 40.4. The van der Waals surface area contributed by atoms with E-state index in [9.17, 15) is 0 Å². The molecular formula is C40H81S. The smallest absolute Gasteiger partial charge is 0.0166 e. The molecule has 0 amide bonds. The molecule has 0 rings (SSSR count). The Morgan fingerprint density at radius 3 is 0.756 bits per heavy atom. The zero-order valence-corrected chi connectivity index (χ0v) is 30.0. The van der Waals surface area contributed by atoms with E-state index in [2.05, 4.69) is 31.4 Å². The van der Waals surface area contributed by atoms with Crippen LogP contribution in [-0.4, -0.2) is 5.75 Å². The molecule has 0 nitrogen and oxygen atoms in total. The lowest BCUT2D eigenvalue weighted by Crippen LogP contribution is -1.85. The first-order valence-electron chi connectivity index (χ1n) is 19.8. The topological polar surface area (TPSA) is 0 Å². The molecule has 0 unspecified atom stereocenters. The molecule has 0 aliphatic heterocycles. The third-order valence-electron chi connectivity index (χ3n) is 9.16. The summed E-state index contributed by atoms with van der Waals surface area (Å²) < 4.78 is 0. The minimum atomic E-state index is 1.34. The normalized spacial score (nSPS) is 11.6. The Balaban J connectivity index is 3.02. The van der Waals surface area contributed by atoms with Crippen LogP contribution in [0.3, 0.4) is 0 Å². The van der Waals surface area contributed by atoms with E-state index in [4.69, 9.17) is 0 Å². The zero-order valence-electron chi connectivity index (χ0n) is 29.1. The van der Waals surface area contributed by atoms with Gasteiger partial charge < -0.3 is 0 Å². The van der Waals surface area contributed by atoms with E-state index in [0.29, 0.717) is 0 Å². The van der Waals surface area contributed by atoms with Crippen LogP contribution in [0.2, 0.25) is 0 Å². The van der Waals surface area contributed by atoms with Crippen LogP contribution in [0.5, 0.6) is 0 Å². The van der Waals surface area contributed by atoms with E-state index in [1.165, 1.54) is 237 Å². The van der Waals surface area contributed by atoms with Crippen molar-refractivity contribution >= 4 is 11.8 Å². The Labute approximate surface area is 267 Å². The van der Waals surface area contributed by atoms with E-state index in [0.717, 1.165) is 0 Å². The van der Waals surface area contributed by atoms with E-state index in [1.807, 2.05) is 0 Å². The number of hydrogen-bond acceptors (Lipinski definition) is 1. The van der Waals surface area contributed by atoms with Gasteiger partial charge in [-0.2, -0.15) is 11.8 Å². The molecule has 1 heteroatoms. The van der Waals surface area contributed by atoms with Gasteiger partial charge in [0.25, 0.3) is 0 Å². The van der Waals surface area contributed by atoms with Crippen molar-refractivity contribution in [3.63, 3.8) is 0 Å². The van der Waals surface area contributed by atoms with Crippen LogP contribution in [-0.2, 0) is 0 Å². The van der Waals surface area contributed by atoms with Crippen molar-refractivity contribution in [3.8, 4) is 0 Å². The van der Waals surface area contributed by atoms with Crippen LogP contribution < -0.4 is 0 Å². The minimum absolute atomic E-state index is 1.34. The molecule has 0 saturated carbocycles. The summed E-state index contributed by atoms with van der Waals surface area (Å²) in [6, 6.07) is 0. The average Bonchev–Trinajstić information content (AvgIpc) is 2.98. The molecule has 0 spiro atoms. The summed E-state index contributed by atoms with van der Waals surface area (Å²) in [5.41, 5.74) is 0. The second-order valence-corrected chi connectivity index (χ2v) is 14.6. The van der Waals surface area contributed by atoms with Crippen molar-refractivity contribution in [2.75, 3.05) is 5.75 Å². The summed E-state index contributed by atoms with van der Waals surface area (Å²) in [6.45, 7) is 4.62. The van der Waals surface area contributed by atoms with Gasteiger partial charge in [-0.1, -0.05) is 232 Å². The zero-order chi connectivity index (χ0) is 29.6. The molecule has 0 heterocycles. The van der Waals surface area contributed by atoms with Crippen molar-refractivity contribution in [2.24, 2.45) is 0 Å². The lowest BCUT2D eigenvalue weighted by Gasteiger charge is -2.05. The summed E-state index contributed by atoms with van der Waals surface area (Å²) in [5.74, 6) is 3.87. The van der Waals surface area contributed by atoms with Crippen LogP contribution in [0.1, 0.15) is 245 Å². The van der Waals surface area contributed by atoms with Gasteiger partial charge in [0.05, 0.1) is 0 Å². The highest BCUT2D eigenvalue weighted by molar-refractivity contribution is 8.01. The molecule has 0 aromatic rings. The van der Waals surface area contributed by atoms with Gasteiger partial charge in [0.1, 0.15) is 0 Å². The van der Waals surface area contributed by atoms with E-state index < -0.39 is 0 Å². The summed E-state index contributed by atoms with van der Waals surface area (Å²) in [5, 5.41) is 0. The summed E-state index contributed by atoms with van der Waals surface area (Å²) in [4.78, 5) is 0. The van der Waals surface area contributed by atoms with Gasteiger partial charge in [0.15, 0.2) is 0 Å². The highest BCUT2D eigenvalue weighted by Crippen LogP contribution is 2.19. The van der Waals surface area contributed by atoms with Crippen molar-refractivity contribution in [2.45, 2.75) is 245 Å². The Bertz CT molecular complexity index is 381. The fourth-order valence-electron chi connectivity index (χ4n) is 6.21. The first-order valence-corrected chi connectivity index (χ1v) is 20.9. The Kier molecular flexibility index (Phi) is 40.7. The van der Waals surface area contributed by atoms with Gasteiger partial charge in [0, 0.05) is 5.75 Å². The Morgan fingerprint density at radius 1 is 0.268 bits per heavy atom. The minimum Gasteiger partial charge on any atom is -0.157 e. The molecule has 41 heavy (non-hydrogen) atoms. The second-order valence-electron chi connectivity index (χ2n) is 13.5. The predicted molar refractivity (Wildman–Crippen MR) is 194 cm³/mol. The van der Waals surface area contributed by atoms with Crippen molar-refractivity contribution in [3.05, 3.63) is 5.75 Å². The van der Waals surface area contributed by atoms with Gasteiger partial charge in [-0.05, 0) is 18.6 Å². The maximum atomic E-state index is 2.51. The number of thioether (sulfide) groups is 1. The van der Waals surface area contributed by atoms with Crippen LogP contribution in [0.25, 0.3) is 0 Å². The maximum Gasteiger partial charge on any atom is 0.0166 e. The van der Waals surface area contributed by atoms with Crippen LogP contribution >= 0.6 is 11.8 Å². The molecule has 1 radical (unpaired) electrons. The van der Waals surface area contributed by atoms with E-state index >= 15 is 0 Å². The lowest BCUT2D eigenvalue weighted by atomic mass is 10.0. The molecule has 247 valence electrons. The summed E-state index contributed by atoms with van der Waals surface area (Å²) >= 11 is 2.10. The molecular weight excluding hydrogens is 513 g/mol.